The molecule has 0 heterocycles. The minimum absolute atomic E-state index is 0.130. The van der Waals surface area contributed by atoms with E-state index in [0.717, 1.165) is 6.54 Å². The summed E-state index contributed by atoms with van der Waals surface area (Å²) in [6.45, 7) is 11.1. The predicted molar refractivity (Wildman–Crippen MR) is 51.8 cm³/mol. The van der Waals surface area contributed by atoms with Crippen molar-refractivity contribution >= 4 is 5.91 Å². The first kappa shape index (κ1) is 11.5. The highest BCUT2D eigenvalue weighted by molar-refractivity contribution is 5.78. The molecule has 0 aliphatic carbocycles. The van der Waals surface area contributed by atoms with E-state index in [1.807, 2.05) is 13.8 Å². The molecule has 0 rings (SSSR count). The SMILES string of the molecule is CCNC(=O)C(C)C(C)C(C)C. The molecule has 0 spiro atoms. The molecule has 2 heteroatoms. The van der Waals surface area contributed by atoms with Crippen molar-refractivity contribution < 1.29 is 4.79 Å². The molecular formula is C10H21NO. The van der Waals surface area contributed by atoms with Crippen molar-refractivity contribution in [3.63, 3.8) is 0 Å². The molecule has 0 saturated heterocycles. The first-order valence-electron chi connectivity index (χ1n) is 4.78. The Morgan fingerprint density at radius 2 is 1.75 bits per heavy atom. The molecule has 1 amide bonds. The van der Waals surface area contributed by atoms with Crippen molar-refractivity contribution in [1.29, 1.82) is 0 Å². The van der Waals surface area contributed by atoms with Crippen LogP contribution in [0.1, 0.15) is 34.6 Å². The summed E-state index contributed by atoms with van der Waals surface area (Å²) in [7, 11) is 0. The molecule has 0 saturated carbocycles. The Balaban J connectivity index is 4.00. The van der Waals surface area contributed by atoms with Crippen LogP contribution in [-0.2, 0) is 4.79 Å². The third-order valence-electron chi connectivity index (χ3n) is 2.60. The minimum Gasteiger partial charge on any atom is -0.356 e. The molecule has 0 bridgehead atoms. The van der Waals surface area contributed by atoms with E-state index < -0.39 is 0 Å². The van der Waals surface area contributed by atoms with E-state index in [4.69, 9.17) is 0 Å². The molecule has 2 unspecified atom stereocenters. The number of amides is 1. The lowest BCUT2D eigenvalue weighted by Crippen LogP contribution is -2.33. The van der Waals surface area contributed by atoms with E-state index in [1.54, 1.807) is 0 Å². The van der Waals surface area contributed by atoms with Gasteiger partial charge in [-0.1, -0.05) is 27.7 Å². The number of hydrogen-bond donors (Lipinski definition) is 1. The van der Waals surface area contributed by atoms with Gasteiger partial charge in [-0.15, -0.1) is 0 Å². The van der Waals surface area contributed by atoms with Crippen molar-refractivity contribution in [2.75, 3.05) is 6.54 Å². The molecule has 1 N–H and O–H groups in total. The van der Waals surface area contributed by atoms with Crippen LogP contribution in [0, 0.1) is 17.8 Å². The summed E-state index contributed by atoms with van der Waals surface area (Å²) in [5.41, 5.74) is 0. The molecule has 12 heavy (non-hydrogen) atoms. The standard InChI is InChI=1S/C10H21NO/c1-6-11-10(12)9(5)8(4)7(2)3/h7-9H,6H2,1-5H3,(H,11,12). The molecule has 0 aromatic heterocycles. The van der Waals surface area contributed by atoms with Crippen molar-refractivity contribution in [3.05, 3.63) is 0 Å². The molecule has 0 aromatic carbocycles. The van der Waals surface area contributed by atoms with Crippen LogP contribution in [0.3, 0.4) is 0 Å². The fourth-order valence-electron chi connectivity index (χ4n) is 1.15. The zero-order valence-electron chi connectivity index (χ0n) is 8.85. The summed E-state index contributed by atoms with van der Waals surface area (Å²) in [6, 6.07) is 0. The van der Waals surface area contributed by atoms with Crippen LogP contribution in [0.4, 0.5) is 0 Å². The lowest BCUT2D eigenvalue weighted by molar-refractivity contribution is -0.126. The van der Waals surface area contributed by atoms with Crippen LogP contribution in [0.25, 0.3) is 0 Å². The van der Waals surface area contributed by atoms with Crippen LogP contribution < -0.4 is 5.32 Å². The maximum absolute atomic E-state index is 11.4. The van der Waals surface area contributed by atoms with E-state index in [2.05, 4.69) is 26.1 Å². The topological polar surface area (TPSA) is 29.1 Å². The second-order valence-electron chi connectivity index (χ2n) is 3.79. The summed E-state index contributed by atoms with van der Waals surface area (Å²) in [6.07, 6.45) is 0. The first-order valence-corrected chi connectivity index (χ1v) is 4.78. The highest BCUT2D eigenvalue weighted by atomic mass is 16.1. The predicted octanol–water partition coefficient (Wildman–Crippen LogP) is 2.05. The number of carbonyl (C=O) groups excluding carboxylic acids is 1. The quantitative estimate of drug-likeness (QED) is 0.689. The van der Waals surface area contributed by atoms with Gasteiger partial charge in [-0.3, -0.25) is 4.79 Å². The van der Waals surface area contributed by atoms with Crippen molar-refractivity contribution in [2.24, 2.45) is 17.8 Å². The summed E-state index contributed by atoms with van der Waals surface area (Å²) < 4.78 is 0. The Morgan fingerprint density at radius 3 is 2.08 bits per heavy atom. The van der Waals surface area contributed by atoms with Gasteiger partial charge in [0.05, 0.1) is 0 Å². The molecule has 72 valence electrons. The summed E-state index contributed by atoms with van der Waals surface area (Å²) in [4.78, 5) is 11.4. The summed E-state index contributed by atoms with van der Waals surface area (Å²) >= 11 is 0. The van der Waals surface area contributed by atoms with E-state index >= 15 is 0 Å². The average Bonchev–Trinajstić information content (AvgIpc) is 2.02. The van der Waals surface area contributed by atoms with E-state index in [1.165, 1.54) is 0 Å². The maximum Gasteiger partial charge on any atom is 0.223 e. The van der Waals surface area contributed by atoms with Crippen LogP contribution in [-0.4, -0.2) is 12.5 Å². The van der Waals surface area contributed by atoms with Gasteiger partial charge in [-0.2, -0.15) is 0 Å². The highest BCUT2D eigenvalue weighted by Crippen LogP contribution is 2.19. The van der Waals surface area contributed by atoms with Crippen molar-refractivity contribution in [1.82, 2.24) is 5.32 Å². The molecule has 0 aliphatic heterocycles. The van der Waals surface area contributed by atoms with E-state index in [-0.39, 0.29) is 11.8 Å². The Bertz CT molecular complexity index is 143. The molecule has 0 radical (unpaired) electrons. The van der Waals surface area contributed by atoms with Gasteiger partial charge in [0.15, 0.2) is 0 Å². The number of carbonyl (C=O) groups is 1. The summed E-state index contributed by atoms with van der Waals surface area (Å²) in [5, 5.41) is 2.84. The Labute approximate surface area is 75.7 Å². The second kappa shape index (κ2) is 5.18. The lowest BCUT2D eigenvalue weighted by Gasteiger charge is -2.22. The monoisotopic (exact) mass is 171 g/mol. The molecule has 2 atom stereocenters. The molecule has 0 aliphatic rings. The van der Waals surface area contributed by atoms with Gasteiger partial charge in [-0.05, 0) is 18.8 Å². The van der Waals surface area contributed by atoms with Crippen LogP contribution >= 0.6 is 0 Å². The maximum atomic E-state index is 11.4. The van der Waals surface area contributed by atoms with Gasteiger partial charge in [0, 0.05) is 12.5 Å². The van der Waals surface area contributed by atoms with E-state index in [9.17, 15) is 4.79 Å². The lowest BCUT2D eigenvalue weighted by atomic mass is 9.86. The summed E-state index contributed by atoms with van der Waals surface area (Å²) in [5.74, 6) is 1.34. The third kappa shape index (κ3) is 3.24. The van der Waals surface area contributed by atoms with Gasteiger partial charge in [0.25, 0.3) is 0 Å². The Hall–Kier alpha value is -0.530. The number of hydrogen-bond acceptors (Lipinski definition) is 1. The smallest absolute Gasteiger partial charge is 0.223 e. The van der Waals surface area contributed by atoms with Gasteiger partial charge < -0.3 is 5.32 Å². The molecular weight excluding hydrogens is 150 g/mol. The Kier molecular flexibility index (Phi) is 4.95. The van der Waals surface area contributed by atoms with Crippen LogP contribution in [0.5, 0.6) is 0 Å². The third-order valence-corrected chi connectivity index (χ3v) is 2.60. The van der Waals surface area contributed by atoms with Gasteiger partial charge in [0.2, 0.25) is 5.91 Å². The zero-order chi connectivity index (χ0) is 9.72. The zero-order valence-corrected chi connectivity index (χ0v) is 8.85. The number of nitrogens with one attached hydrogen (secondary N) is 1. The van der Waals surface area contributed by atoms with E-state index in [0.29, 0.717) is 11.8 Å². The fraction of sp³-hybridized carbons (Fsp3) is 0.900. The highest BCUT2D eigenvalue weighted by Gasteiger charge is 2.21. The van der Waals surface area contributed by atoms with Crippen molar-refractivity contribution in [3.8, 4) is 0 Å². The molecule has 0 aromatic rings. The Morgan fingerprint density at radius 1 is 1.25 bits per heavy atom. The fourth-order valence-corrected chi connectivity index (χ4v) is 1.15. The molecule has 0 fully saturated rings. The number of rotatable bonds is 4. The van der Waals surface area contributed by atoms with Crippen LogP contribution in [0.2, 0.25) is 0 Å². The minimum atomic E-state index is 0.130. The molecule has 2 nitrogen and oxygen atoms in total. The van der Waals surface area contributed by atoms with Crippen molar-refractivity contribution in [2.45, 2.75) is 34.6 Å². The normalized spacial score (nSPS) is 15.8. The first-order chi connectivity index (χ1) is 5.50. The van der Waals surface area contributed by atoms with Gasteiger partial charge in [-0.25, -0.2) is 0 Å². The van der Waals surface area contributed by atoms with Gasteiger partial charge >= 0.3 is 0 Å². The second-order valence-corrected chi connectivity index (χ2v) is 3.79. The average molecular weight is 171 g/mol. The van der Waals surface area contributed by atoms with Crippen LogP contribution in [0.15, 0.2) is 0 Å². The largest absolute Gasteiger partial charge is 0.356 e. The van der Waals surface area contributed by atoms with Gasteiger partial charge in [0.1, 0.15) is 0 Å².